The van der Waals surface area contributed by atoms with Crippen molar-refractivity contribution in [2.24, 2.45) is 0 Å². The van der Waals surface area contributed by atoms with E-state index >= 15 is 0 Å². The van der Waals surface area contributed by atoms with Crippen molar-refractivity contribution in [3.05, 3.63) is 82.3 Å². The number of hydrogen-bond acceptors (Lipinski definition) is 4. The zero-order chi connectivity index (χ0) is 22.0. The molecule has 0 saturated heterocycles. The van der Waals surface area contributed by atoms with Crippen molar-refractivity contribution in [1.29, 1.82) is 0 Å². The fraction of sp³-hybridized carbons (Fsp3) is 0.167. The van der Waals surface area contributed by atoms with Crippen LogP contribution >= 0.6 is 34.5 Å². The van der Waals surface area contributed by atoms with Gasteiger partial charge in [-0.15, -0.1) is 0 Å². The molecule has 1 amide bonds. The van der Waals surface area contributed by atoms with Gasteiger partial charge < -0.3 is 4.90 Å². The lowest BCUT2D eigenvalue weighted by atomic mass is 10.1. The van der Waals surface area contributed by atoms with Gasteiger partial charge in [0.15, 0.2) is 5.13 Å². The van der Waals surface area contributed by atoms with Crippen molar-refractivity contribution >= 4 is 67.2 Å². The molecule has 158 valence electrons. The minimum Gasteiger partial charge on any atom is -0.372 e. The number of para-hydroxylation sites is 1. The molecule has 0 aliphatic heterocycles. The number of benzene rings is 3. The first-order valence-electron chi connectivity index (χ1n) is 10.0. The van der Waals surface area contributed by atoms with Crippen LogP contribution in [-0.4, -0.2) is 24.0 Å². The third kappa shape index (κ3) is 4.40. The third-order valence-electron chi connectivity index (χ3n) is 5.08. The van der Waals surface area contributed by atoms with E-state index in [1.54, 1.807) is 23.1 Å². The van der Waals surface area contributed by atoms with Gasteiger partial charge in [-0.25, -0.2) is 4.98 Å². The molecule has 0 aliphatic rings. The molecule has 0 unspecified atom stereocenters. The Morgan fingerprint density at radius 1 is 0.935 bits per heavy atom. The second-order valence-corrected chi connectivity index (χ2v) is 8.77. The average molecular weight is 470 g/mol. The molecule has 0 saturated carbocycles. The van der Waals surface area contributed by atoms with Gasteiger partial charge >= 0.3 is 0 Å². The Morgan fingerprint density at radius 3 is 2.26 bits per heavy atom. The molecule has 0 spiro atoms. The minimum absolute atomic E-state index is 0.253. The molecule has 4 nitrogen and oxygen atoms in total. The summed E-state index contributed by atoms with van der Waals surface area (Å²) in [4.78, 5) is 22.2. The van der Waals surface area contributed by atoms with Gasteiger partial charge in [0.25, 0.3) is 5.91 Å². The molecule has 0 radical (unpaired) electrons. The predicted molar refractivity (Wildman–Crippen MR) is 133 cm³/mol. The van der Waals surface area contributed by atoms with Crippen molar-refractivity contribution in [1.82, 2.24) is 4.98 Å². The summed E-state index contributed by atoms with van der Waals surface area (Å²) in [5.41, 5.74) is 3.06. The topological polar surface area (TPSA) is 36.4 Å². The van der Waals surface area contributed by atoms with Crippen molar-refractivity contribution in [2.45, 2.75) is 13.8 Å². The standard InChI is InChI=1S/C24H21Cl2N3OS/c1-3-28(4-2)17-10-12-18(13-11-17)29(23(30)19-14-9-16(25)15-20(19)26)24-27-21-7-5-6-8-22(21)31-24/h5-15H,3-4H2,1-2H3. The van der Waals surface area contributed by atoms with Crippen LogP contribution in [-0.2, 0) is 0 Å². The van der Waals surface area contributed by atoms with E-state index in [0.29, 0.717) is 20.7 Å². The smallest absolute Gasteiger partial charge is 0.266 e. The Kier molecular flexibility index (Phi) is 6.46. The fourth-order valence-electron chi connectivity index (χ4n) is 3.45. The second kappa shape index (κ2) is 9.27. The van der Waals surface area contributed by atoms with E-state index < -0.39 is 0 Å². The molecule has 0 bridgehead atoms. The Hall–Kier alpha value is -2.60. The second-order valence-electron chi connectivity index (χ2n) is 6.92. The first-order valence-corrected chi connectivity index (χ1v) is 11.6. The van der Waals surface area contributed by atoms with Gasteiger partial charge in [0, 0.05) is 23.8 Å². The molecule has 0 fully saturated rings. The molecule has 0 atom stereocenters. The maximum absolute atomic E-state index is 13.6. The van der Waals surface area contributed by atoms with Crippen LogP contribution in [0.5, 0.6) is 0 Å². The highest BCUT2D eigenvalue weighted by atomic mass is 35.5. The maximum Gasteiger partial charge on any atom is 0.266 e. The van der Waals surface area contributed by atoms with Gasteiger partial charge in [-0.1, -0.05) is 46.7 Å². The van der Waals surface area contributed by atoms with Gasteiger partial charge in [0.2, 0.25) is 0 Å². The molecule has 7 heteroatoms. The van der Waals surface area contributed by atoms with E-state index in [4.69, 9.17) is 28.2 Å². The normalized spacial score (nSPS) is 11.0. The lowest BCUT2D eigenvalue weighted by molar-refractivity contribution is 0.0999. The monoisotopic (exact) mass is 469 g/mol. The fourth-order valence-corrected chi connectivity index (χ4v) is 4.93. The molecular weight excluding hydrogens is 449 g/mol. The van der Waals surface area contributed by atoms with Crippen molar-refractivity contribution in [3.8, 4) is 0 Å². The van der Waals surface area contributed by atoms with Gasteiger partial charge in [-0.3, -0.25) is 9.69 Å². The SMILES string of the molecule is CCN(CC)c1ccc(N(C(=O)c2ccc(Cl)cc2Cl)c2nc3ccccc3s2)cc1. The van der Waals surface area contributed by atoms with E-state index in [-0.39, 0.29) is 5.91 Å². The largest absolute Gasteiger partial charge is 0.372 e. The Morgan fingerprint density at radius 2 is 1.61 bits per heavy atom. The first-order chi connectivity index (χ1) is 15.0. The van der Waals surface area contributed by atoms with Crippen LogP contribution in [0, 0.1) is 0 Å². The molecule has 1 aromatic heterocycles. The summed E-state index contributed by atoms with van der Waals surface area (Å²) in [5, 5.41) is 1.38. The van der Waals surface area contributed by atoms with Gasteiger partial charge in [-0.05, 0) is 68.4 Å². The van der Waals surface area contributed by atoms with Gasteiger partial charge in [0.1, 0.15) is 0 Å². The zero-order valence-corrected chi connectivity index (χ0v) is 19.5. The van der Waals surface area contributed by atoms with E-state index in [1.807, 2.05) is 48.5 Å². The number of hydrogen-bond donors (Lipinski definition) is 0. The summed E-state index contributed by atoms with van der Waals surface area (Å²) < 4.78 is 1.01. The summed E-state index contributed by atoms with van der Waals surface area (Å²) in [6, 6.07) is 20.7. The molecule has 4 rings (SSSR count). The number of fused-ring (bicyclic) bond motifs is 1. The molecule has 0 N–H and O–H groups in total. The van der Waals surface area contributed by atoms with E-state index in [0.717, 1.165) is 34.7 Å². The van der Waals surface area contributed by atoms with Crippen LogP contribution in [0.15, 0.2) is 66.7 Å². The number of halogens is 2. The van der Waals surface area contributed by atoms with Crippen LogP contribution in [0.1, 0.15) is 24.2 Å². The lowest BCUT2D eigenvalue weighted by Gasteiger charge is -2.24. The third-order valence-corrected chi connectivity index (χ3v) is 6.64. The molecule has 0 aliphatic carbocycles. The molecule has 31 heavy (non-hydrogen) atoms. The predicted octanol–water partition coefficient (Wildman–Crippen LogP) is 7.43. The van der Waals surface area contributed by atoms with Gasteiger partial charge in [-0.2, -0.15) is 0 Å². The number of nitrogens with zero attached hydrogens (tertiary/aromatic N) is 3. The van der Waals surface area contributed by atoms with Crippen LogP contribution in [0.25, 0.3) is 10.2 Å². The number of thiazole rings is 1. The minimum atomic E-state index is -0.253. The van der Waals surface area contributed by atoms with Crippen molar-refractivity contribution < 1.29 is 4.79 Å². The molecule has 4 aromatic rings. The molecule has 1 heterocycles. The van der Waals surface area contributed by atoms with Crippen molar-refractivity contribution in [3.63, 3.8) is 0 Å². The number of carbonyl (C=O) groups is 1. The van der Waals surface area contributed by atoms with E-state index in [1.165, 1.54) is 11.3 Å². The number of carbonyl (C=O) groups excluding carboxylic acids is 1. The lowest BCUT2D eigenvalue weighted by Crippen LogP contribution is -2.26. The Balaban J connectivity index is 1.81. The summed E-state index contributed by atoms with van der Waals surface area (Å²) in [7, 11) is 0. The zero-order valence-electron chi connectivity index (χ0n) is 17.2. The summed E-state index contributed by atoms with van der Waals surface area (Å²) in [6.07, 6.45) is 0. The Bertz CT molecular complexity index is 1190. The highest BCUT2D eigenvalue weighted by Crippen LogP contribution is 2.36. The average Bonchev–Trinajstić information content (AvgIpc) is 3.19. The van der Waals surface area contributed by atoms with Crippen LogP contribution in [0.3, 0.4) is 0 Å². The highest BCUT2D eigenvalue weighted by molar-refractivity contribution is 7.22. The number of amides is 1. The van der Waals surface area contributed by atoms with Crippen LogP contribution in [0.2, 0.25) is 10.0 Å². The Labute approximate surface area is 195 Å². The maximum atomic E-state index is 13.6. The number of anilines is 3. The number of rotatable bonds is 6. The van der Waals surface area contributed by atoms with E-state index in [2.05, 4.69) is 18.7 Å². The van der Waals surface area contributed by atoms with Crippen LogP contribution in [0.4, 0.5) is 16.5 Å². The van der Waals surface area contributed by atoms with E-state index in [9.17, 15) is 4.79 Å². The summed E-state index contributed by atoms with van der Waals surface area (Å²) >= 11 is 13.9. The summed E-state index contributed by atoms with van der Waals surface area (Å²) in [5.74, 6) is -0.253. The molecule has 3 aromatic carbocycles. The van der Waals surface area contributed by atoms with Crippen molar-refractivity contribution in [2.75, 3.05) is 22.9 Å². The summed E-state index contributed by atoms with van der Waals surface area (Å²) in [6.45, 7) is 6.07. The molecular formula is C24H21Cl2N3OS. The number of aromatic nitrogens is 1. The first kappa shape index (κ1) is 21.6. The quantitative estimate of drug-likeness (QED) is 0.294. The van der Waals surface area contributed by atoms with Crippen LogP contribution < -0.4 is 9.80 Å². The van der Waals surface area contributed by atoms with Gasteiger partial charge in [0.05, 0.1) is 26.5 Å². The highest BCUT2D eigenvalue weighted by Gasteiger charge is 2.25.